The van der Waals surface area contributed by atoms with E-state index in [1.807, 2.05) is 61.9 Å². The van der Waals surface area contributed by atoms with Crippen LogP contribution in [0.2, 0.25) is 0 Å². The van der Waals surface area contributed by atoms with Crippen LogP contribution in [0.3, 0.4) is 0 Å². The highest BCUT2D eigenvalue weighted by Crippen LogP contribution is 2.46. The number of allylic oxidation sites excluding steroid dienone is 2. The highest BCUT2D eigenvalue weighted by molar-refractivity contribution is 6.00. The van der Waals surface area contributed by atoms with Gasteiger partial charge in [-0.1, -0.05) is 30.3 Å². The fourth-order valence-corrected chi connectivity index (χ4v) is 5.27. The Hall–Kier alpha value is -4.99. The van der Waals surface area contributed by atoms with Crippen molar-refractivity contribution in [1.29, 1.82) is 0 Å². The van der Waals surface area contributed by atoms with Gasteiger partial charge in [-0.05, 0) is 69.5 Å². The van der Waals surface area contributed by atoms with Crippen molar-refractivity contribution >= 4 is 18.0 Å². The number of nitrogens with zero attached hydrogens (tertiary/aromatic N) is 2. The van der Waals surface area contributed by atoms with Gasteiger partial charge in [0.2, 0.25) is 5.75 Å². The minimum absolute atomic E-state index is 0.0348. The number of methoxy groups -OCH3 is 1. The first-order valence-corrected chi connectivity index (χ1v) is 15.0. The third-order valence-corrected chi connectivity index (χ3v) is 7.18. The normalized spacial score (nSPS) is 14.8. The van der Waals surface area contributed by atoms with Crippen LogP contribution in [-0.2, 0) is 25.6 Å². The van der Waals surface area contributed by atoms with Crippen molar-refractivity contribution in [2.75, 3.05) is 33.5 Å². The molecule has 0 amide bonds. The Bertz CT molecular complexity index is 1540. The molecule has 1 aromatic heterocycles. The Labute approximate surface area is 264 Å². The van der Waals surface area contributed by atoms with Crippen LogP contribution in [0.4, 0.5) is 0 Å². The minimum atomic E-state index is -0.813. The summed E-state index contributed by atoms with van der Waals surface area (Å²) in [4.78, 5) is 31.0. The molecule has 1 N–H and O–H groups in total. The molecule has 1 aliphatic rings. The number of benzene rings is 2. The van der Waals surface area contributed by atoms with Gasteiger partial charge in [0.1, 0.15) is 6.61 Å². The lowest BCUT2D eigenvalue weighted by Gasteiger charge is -2.31. The number of nitrogens with one attached hydrogen (secondary N) is 1. The Morgan fingerprint density at radius 2 is 1.53 bits per heavy atom. The smallest absolute Gasteiger partial charge is 0.337 e. The van der Waals surface area contributed by atoms with E-state index in [4.69, 9.17) is 23.7 Å². The maximum absolute atomic E-state index is 13.7. The Balaban J connectivity index is 1.61. The van der Waals surface area contributed by atoms with Crippen LogP contribution in [0.1, 0.15) is 57.2 Å². The van der Waals surface area contributed by atoms with Crippen LogP contribution in [-0.4, -0.2) is 55.0 Å². The molecule has 2 aromatic carbocycles. The first-order valence-electron chi connectivity index (χ1n) is 15.0. The summed E-state index contributed by atoms with van der Waals surface area (Å²) in [6, 6.07) is 11.7. The van der Waals surface area contributed by atoms with Crippen molar-refractivity contribution < 1.29 is 33.3 Å². The molecule has 0 radical (unpaired) electrons. The molecule has 1 unspecified atom stereocenters. The van der Waals surface area contributed by atoms with Crippen molar-refractivity contribution in [3.05, 3.63) is 100 Å². The van der Waals surface area contributed by atoms with Crippen molar-refractivity contribution in [3.8, 4) is 17.2 Å². The van der Waals surface area contributed by atoms with E-state index in [2.05, 4.69) is 10.3 Å². The molecule has 0 saturated heterocycles. The van der Waals surface area contributed by atoms with Gasteiger partial charge in [-0.25, -0.2) is 14.6 Å². The van der Waals surface area contributed by atoms with Crippen LogP contribution in [0, 0.1) is 0 Å². The number of ether oxygens (including phenoxy) is 5. The van der Waals surface area contributed by atoms with Crippen LogP contribution >= 0.6 is 0 Å². The summed E-state index contributed by atoms with van der Waals surface area (Å²) in [6.07, 6.45) is 9.13. The fourth-order valence-electron chi connectivity index (χ4n) is 5.27. The summed E-state index contributed by atoms with van der Waals surface area (Å²) in [5.74, 6) is -0.584. The van der Waals surface area contributed by atoms with Gasteiger partial charge in [0.15, 0.2) is 11.5 Å². The molecule has 4 rings (SSSR count). The standard InChI is InChI=1S/C35H41N3O7/c1-7-42-28-19-27(20-29(43-8-2)33(28)44-9-3)32-30(34(39)41-6)23(4)37-24(5)31(32)35(40)45-18-10-11-25-12-14-26(15-13-25)21-38-17-16-36-22-38/h10-17,19-20,22,32,37H,7-9,18,21H2,1-6H3. The average Bonchev–Trinajstić information content (AvgIpc) is 3.54. The molecule has 1 atom stereocenters. The predicted octanol–water partition coefficient (Wildman–Crippen LogP) is 5.79. The van der Waals surface area contributed by atoms with E-state index >= 15 is 0 Å². The predicted molar refractivity (Wildman–Crippen MR) is 171 cm³/mol. The van der Waals surface area contributed by atoms with E-state index in [1.165, 1.54) is 7.11 Å². The molecule has 238 valence electrons. The number of hydrogen-bond acceptors (Lipinski definition) is 9. The van der Waals surface area contributed by atoms with Gasteiger partial charge in [0.25, 0.3) is 0 Å². The molecule has 0 bridgehead atoms. The van der Waals surface area contributed by atoms with Crippen molar-refractivity contribution in [2.24, 2.45) is 0 Å². The van der Waals surface area contributed by atoms with E-state index in [9.17, 15) is 9.59 Å². The van der Waals surface area contributed by atoms with Gasteiger partial charge in [-0.2, -0.15) is 0 Å². The lowest BCUT2D eigenvalue weighted by molar-refractivity contribution is -0.138. The molecule has 0 fully saturated rings. The third-order valence-electron chi connectivity index (χ3n) is 7.18. The maximum atomic E-state index is 13.7. The summed E-state index contributed by atoms with van der Waals surface area (Å²) in [6.45, 7) is 11.1. The molecule has 2 heterocycles. The molecule has 1 aliphatic heterocycles. The van der Waals surface area contributed by atoms with Crippen LogP contribution in [0.15, 0.2) is 83.7 Å². The summed E-state index contributed by atoms with van der Waals surface area (Å²) in [5, 5.41) is 3.17. The third kappa shape index (κ3) is 7.94. The monoisotopic (exact) mass is 615 g/mol. The first kappa shape index (κ1) is 32.9. The second-order valence-electron chi connectivity index (χ2n) is 10.2. The molecule has 0 aliphatic carbocycles. The second kappa shape index (κ2) is 15.7. The number of imidazole rings is 1. The molecule has 0 spiro atoms. The highest BCUT2D eigenvalue weighted by atomic mass is 16.5. The topological polar surface area (TPSA) is 110 Å². The molecular weight excluding hydrogens is 574 g/mol. The Morgan fingerprint density at radius 1 is 0.911 bits per heavy atom. The molecular formula is C35H41N3O7. The van der Waals surface area contributed by atoms with E-state index in [0.29, 0.717) is 54.0 Å². The SMILES string of the molecule is CCOc1cc(C2C(C(=O)OC)=C(C)NC(C)=C2C(=O)OCC=Cc2ccc(Cn3ccnc3)cc2)cc(OCC)c1OCC. The van der Waals surface area contributed by atoms with E-state index in [-0.39, 0.29) is 17.8 Å². The molecule has 0 saturated carbocycles. The average molecular weight is 616 g/mol. The fraction of sp³-hybridized carbons (Fsp3) is 0.343. The zero-order chi connectivity index (χ0) is 32.3. The number of dihydropyridines is 1. The number of carbonyl (C=O) groups is 2. The second-order valence-corrected chi connectivity index (χ2v) is 10.2. The van der Waals surface area contributed by atoms with Crippen molar-refractivity contribution in [1.82, 2.24) is 14.9 Å². The maximum Gasteiger partial charge on any atom is 0.337 e. The quantitative estimate of drug-likeness (QED) is 0.225. The number of rotatable bonds is 14. The van der Waals surface area contributed by atoms with E-state index in [1.54, 1.807) is 44.6 Å². The summed E-state index contributed by atoms with van der Waals surface area (Å²) >= 11 is 0. The Morgan fingerprint density at radius 3 is 2.09 bits per heavy atom. The van der Waals surface area contributed by atoms with Gasteiger partial charge in [0, 0.05) is 30.3 Å². The zero-order valence-electron chi connectivity index (χ0n) is 26.7. The van der Waals surface area contributed by atoms with Gasteiger partial charge < -0.3 is 33.6 Å². The number of hydrogen-bond donors (Lipinski definition) is 1. The van der Waals surface area contributed by atoms with E-state index in [0.717, 1.165) is 17.7 Å². The highest BCUT2D eigenvalue weighted by Gasteiger charge is 2.39. The van der Waals surface area contributed by atoms with Gasteiger partial charge in [0.05, 0.1) is 50.3 Å². The van der Waals surface area contributed by atoms with Crippen LogP contribution in [0.25, 0.3) is 6.08 Å². The molecule has 10 nitrogen and oxygen atoms in total. The number of carbonyl (C=O) groups excluding carboxylic acids is 2. The lowest BCUT2D eigenvalue weighted by Crippen LogP contribution is -2.32. The number of esters is 2. The van der Waals surface area contributed by atoms with Crippen LogP contribution < -0.4 is 19.5 Å². The summed E-state index contributed by atoms with van der Waals surface area (Å²) < 4.78 is 30.7. The largest absolute Gasteiger partial charge is 0.490 e. The van der Waals surface area contributed by atoms with Crippen molar-refractivity contribution in [3.63, 3.8) is 0 Å². The van der Waals surface area contributed by atoms with E-state index < -0.39 is 17.9 Å². The van der Waals surface area contributed by atoms with Crippen molar-refractivity contribution in [2.45, 2.75) is 47.1 Å². The summed E-state index contributed by atoms with van der Waals surface area (Å²) in [7, 11) is 1.31. The van der Waals surface area contributed by atoms with Gasteiger partial charge in [-0.3, -0.25) is 0 Å². The van der Waals surface area contributed by atoms with Gasteiger partial charge >= 0.3 is 11.9 Å². The van der Waals surface area contributed by atoms with Crippen LogP contribution in [0.5, 0.6) is 17.2 Å². The molecule has 3 aromatic rings. The Kier molecular flexibility index (Phi) is 11.4. The summed E-state index contributed by atoms with van der Waals surface area (Å²) in [5.41, 5.74) is 4.43. The minimum Gasteiger partial charge on any atom is -0.490 e. The lowest BCUT2D eigenvalue weighted by atomic mass is 9.80. The molecule has 45 heavy (non-hydrogen) atoms. The number of aromatic nitrogens is 2. The van der Waals surface area contributed by atoms with Gasteiger partial charge in [-0.15, -0.1) is 0 Å². The zero-order valence-corrected chi connectivity index (χ0v) is 26.7. The first-order chi connectivity index (χ1) is 21.8. The molecule has 10 heteroatoms.